The Labute approximate surface area is 132 Å². The SMILES string of the molecule is CCCOc1c(Cl)cc(C(=O)N(CC)CC)cc1OCC. The van der Waals surface area contributed by atoms with Crippen LogP contribution in [0.2, 0.25) is 5.02 Å². The zero-order chi connectivity index (χ0) is 15.8. The predicted octanol–water partition coefficient (Wildman–Crippen LogP) is 4.01. The van der Waals surface area contributed by atoms with Crippen molar-refractivity contribution in [3.05, 3.63) is 22.7 Å². The molecular weight excluding hydrogens is 290 g/mol. The number of nitrogens with zero attached hydrogens (tertiary/aromatic N) is 1. The van der Waals surface area contributed by atoms with E-state index in [0.29, 0.717) is 48.4 Å². The highest BCUT2D eigenvalue weighted by atomic mass is 35.5. The van der Waals surface area contributed by atoms with Crippen LogP contribution in [0.5, 0.6) is 11.5 Å². The van der Waals surface area contributed by atoms with Crippen LogP contribution in [0.15, 0.2) is 12.1 Å². The molecule has 1 rings (SSSR count). The number of hydrogen-bond acceptors (Lipinski definition) is 3. The van der Waals surface area contributed by atoms with Gasteiger partial charge in [-0.3, -0.25) is 4.79 Å². The van der Waals surface area contributed by atoms with E-state index in [0.717, 1.165) is 6.42 Å². The lowest BCUT2D eigenvalue weighted by molar-refractivity contribution is 0.0772. The second-order valence-electron chi connectivity index (χ2n) is 4.54. The Balaban J connectivity index is 3.16. The third kappa shape index (κ3) is 4.53. The Morgan fingerprint density at radius 3 is 2.33 bits per heavy atom. The van der Waals surface area contributed by atoms with Gasteiger partial charge in [-0.15, -0.1) is 0 Å². The number of carbonyl (C=O) groups excluding carboxylic acids is 1. The van der Waals surface area contributed by atoms with E-state index in [1.165, 1.54) is 0 Å². The van der Waals surface area contributed by atoms with Crippen LogP contribution in [0.4, 0.5) is 0 Å². The number of rotatable bonds is 8. The van der Waals surface area contributed by atoms with Gasteiger partial charge in [-0.2, -0.15) is 0 Å². The fourth-order valence-electron chi connectivity index (χ4n) is 1.99. The molecule has 0 aliphatic carbocycles. The van der Waals surface area contributed by atoms with Gasteiger partial charge in [-0.05, 0) is 39.3 Å². The number of halogens is 1. The van der Waals surface area contributed by atoms with E-state index in [9.17, 15) is 4.79 Å². The highest BCUT2D eigenvalue weighted by Crippen LogP contribution is 2.37. The Hall–Kier alpha value is -1.42. The summed E-state index contributed by atoms with van der Waals surface area (Å²) in [5.41, 5.74) is 0.524. The topological polar surface area (TPSA) is 38.8 Å². The minimum Gasteiger partial charge on any atom is -0.490 e. The van der Waals surface area contributed by atoms with Crippen LogP contribution >= 0.6 is 11.6 Å². The van der Waals surface area contributed by atoms with Crippen molar-refractivity contribution in [2.24, 2.45) is 0 Å². The van der Waals surface area contributed by atoms with Crippen molar-refractivity contribution in [1.29, 1.82) is 0 Å². The summed E-state index contributed by atoms with van der Waals surface area (Å²) in [6.45, 7) is 10.2. The van der Waals surface area contributed by atoms with E-state index >= 15 is 0 Å². The van der Waals surface area contributed by atoms with E-state index in [1.807, 2.05) is 27.7 Å². The molecule has 0 aliphatic rings. The molecule has 0 saturated carbocycles. The molecule has 1 aromatic carbocycles. The number of amides is 1. The van der Waals surface area contributed by atoms with Gasteiger partial charge in [0.05, 0.1) is 18.2 Å². The molecule has 0 aliphatic heterocycles. The standard InChI is InChI=1S/C16H24ClNO3/c1-5-9-21-15-13(17)10-12(11-14(15)20-8-4)16(19)18(6-2)7-3/h10-11H,5-9H2,1-4H3. The van der Waals surface area contributed by atoms with Gasteiger partial charge in [0.25, 0.3) is 5.91 Å². The first-order valence-corrected chi connectivity index (χ1v) is 7.85. The molecule has 0 N–H and O–H groups in total. The summed E-state index contributed by atoms with van der Waals surface area (Å²) >= 11 is 6.27. The molecule has 0 aromatic heterocycles. The van der Waals surface area contributed by atoms with Crippen molar-refractivity contribution in [2.45, 2.75) is 34.1 Å². The maximum Gasteiger partial charge on any atom is 0.254 e. The predicted molar refractivity (Wildman–Crippen MR) is 85.7 cm³/mol. The van der Waals surface area contributed by atoms with E-state index in [4.69, 9.17) is 21.1 Å². The summed E-state index contributed by atoms with van der Waals surface area (Å²) in [6.07, 6.45) is 0.877. The second kappa shape index (κ2) is 8.78. The molecule has 4 nitrogen and oxygen atoms in total. The van der Waals surface area contributed by atoms with Gasteiger partial charge in [0.2, 0.25) is 0 Å². The van der Waals surface area contributed by atoms with Gasteiger partial charge in [0, 0.05) is 18.7 Å². The van der Waals surface area contributed by atoms with Crippen LogP contribution in [-0.2, 0) is 0 Å². The molecule has 0 fully saturated rings. The zero-order valence-electron chi connectivity index (χ0n) is 13.2. The summed E-state index contributed by atoms with van der Waals surface area (Å²) in [4.78, 5) is 14.2. The molecule has 118 valence electrons. The van der Waals surface area contributed by atoms with Crippen LogP contribution in [0.3, 0.4) is 0 Å². The third-order valence-electron chi connectivity index (χ3n) is 3.06. The highest BCUT2D eigenvalue weighted by molar-refractivity contribution is 6.32. The number of ether oxygens (including phenoxy) is 2. The van der Waals surface area contributed by atoms with E-state index in [-0.39, 0.29) is 5.91 Å². The average Bonchev–Trinajstić information content (AvgIpc) is 2.47. The third-order valence-corrected chi connectivity index (χ3v) is 3.34. The van der Waals surface area contributed by atoms with Crippen LogP contribution in [0, 0.1) is 0 Å². The molecular formula is C16H24ClNO3. The Morgan fingerprint density at radius 1 is 1.14 bits per heavy atom. The van der Waals surface area contributed by atoms with E-state index in [2.05, 4.69) is 0 Å². The lowest BCUT2D eigenvalue weighted by Crippen LogP contribution is -2.30. The summed E-state index contributed by atoms with van der Waals surface area (Å²) in [7, 11) is 0. The lowest BCUT2D eigenvalue weighted by Gasteiger charge is -2.20. The van der Waals surface area contributed by atoms with Crippen LogP contribution in [0.1, 0.15) is 44.5 Å². The lowest BCUT2D eigenvalue weighted by atomic mass is 10.1. The van der Waals surface area contributed by atoms with Gasteiger partial charge in [0.1, 0.15) is 0 Å². The quantitative estimate of drug-likeness (QED) is 0.728. The maximum atomic E-state index is 12.4. The van der Waals surface area contributed by atoms with E-state index < -0.39 is 0 Å². The molecule has 0 radical (unpaired) electrons. The van der Waals surface area contributed by atoms with Crippen molar-refractivity contribution in [3.8, 4) is 11.5 Å². The zero-order valence-corrected chi connectivity index (χ0v) is 14.0. The first-order valence-electron chi connectivity index (χ1n) is 7.47. The summed E-state index contributed by atoms with van der Waals surface area (Å²) < 4.78 is 11.2. The fraction of sp³-hybridized carbons (Fsp3) is 0.562. The van der Waals surface area contributed by atoms with Crippen molar-refractivity contribution in [2.75, 3.05) is 26.3 Å². The van der Waals surface area contributed by atoms with Gasteiger partial charge in [-0.1, -0.05) is 18.5 Å². The number of hydrogen-bond donors (Lipinski definition) is 0. The summed E-state index contributed by atoms with van der Waals surface area (Å²) in [5.74, 6) is 0.982. The highest BCUT2D eigenvalue weighted by Gasteiger charge is 2.19. The molecule has 0 spiro atoms. The Bertz CT molecular complexity index is 473. The van der Waals surface area contributed by atoms with Crippen LogP contribution in [0.25, 0.3) is 0 Å². The minimum absolute atomic E-state index is 0.0510. The first-order chi connectivity index (χ1) is 10.1. The van der Waals surface area contributed by atoms with Gasteiger partial charge in [-0.25, -0.2) is 0 Å². The van der Waals surface area contributed by atoms with Crippen LogP contribution in [-0.4, -0.2) is 37.1 Å². The maximum absolute atomic E-state index is 12.4. The monoisotopic (exact) mass is 313 g/mol. The molecule has 0 heterocycles. The van der Waals surface area contributed by atoms with Crippen molar-refractivity contribution in [3.63, 3.8) is 0 Å². The molecule has 21 heavy (non-hydrogen) atoms. The van der Waals surface area contributed by atoms with Crippen molar-refractivity contribution in [1.82, 2.24) is 4.90 Å². The fourth-order valence-corrected chi connectivity index (χ4v) is 2.26. The van der Waals surface area contributed by atoms with Crippen molar-refractivity contribution < 1.29 is 14.3 Å². The normalized spacial score (nSPS) is 10.3. The molecule has 5 heteroatoms. The van der Waals surface area contributed by atoms with Gasteiger partial charge in [0.15, 0.2) is 11.5 Å². The molecule has 0 unspecified atom stereocenters. The molecule has 0 atom stereocenters. The molecule has 1 aromatic rings. The number of benzene rings is 1. The minimum atomic E-state index is -0.0510. The summed E-state index contributed by atoms with van der Waals surface area (Å²) in [6, 6.07) is 3.36. The Morgan fingerprint density at radius 2 is 1.81 bits per heavy atom. The average molecular weight is 314 g/mol. The smallest absolute Gasteiger partial charge is 0.254 e. The summed E-state index contributed by atoms with van der Waals surface area (Å²) in [5, 5.41) is 0.407. The molecule has 0 bridgehead atoms. The van der Waals surface area contributed by atoms with E-state index in [1.54, 1.807) is 17.0 Å². The molecule has 0 saturated heterocycles. The first kappa shape index (κ1) is 17.6. The van der Waals surface area contributed by atoms with Gasteiger partial charge < -0.3 is 14.4 Å². The van der Waals surface area contributed by atoms with Crippen molar-refractivity contribution >= 4 is 17.5 Å². The second-order valence-corrected chi connectivity index (χ2v) is 4.95. The largest absolute Gasteiger partial charge is 0.490 e. The Kier molecular flexibility index (Phi) is 7.37. The number of carbonyl (C=O) groups is 1. The van der Waals surface area contributed by atoms with Gasteiger partial charge >= 0.3 is 0 Å². The molecule has 1 amide bonds. The van der Waals surface area contributed by atoms with Crippen LogP contribution < -0.4 is 9.47 Å².